The fourth-order valence-corrected chi connectivity index (χ4v) is 2.34. The van der Waals surface area contributed by atoms with Crippen molar-refractivity contribution in [1.29, 1.82) is 0 Å². The third-order valence-electron chi connectivity index (χ3n) is 2.34. The molecule has 0 unspecified atom stereocenters. The Bertz CT molecular complexity index is 568. The molecule has 1 aromatic carbocycles. The van der Waals surface area contributed by atoms with Crippen LogP contribution in [0.1, 0.15) is 12.6 Å². The fourth-order valence-electron chi connectivity index (χ4n) is 1.39. The number of anilines is 1. The van der Waals surface area contributed by atoms with Crippen LogP contribution in [0.3, 0.4) is 0 Å². The Morgan fingerprint density at radius 3 is 2.68 bits per heavy atom. The van der Waals surface area contributed by atoms with Gasteiger partial charge in [-0.15, -0.1) is 11.3 Å². The molecule has 0 aliphatic heterocycles. The molecule has 1 N–H and O–H groups in total. The summed E-state index contributed by atoms with van der Waals surface area (Å²) in [5.41, 5.74) is 0.891. The van der Waals surface area contributed by atoms with Crippen molar-refractivity contribution in [3.8, 4) is 5.75 Å². The van der Waals surface area contributed by atoms with Crippen LogP contribution in [0.4, 0.5) is 5.13 Å². The first-order valence-electron chi connectivity index (χ1n) is 5.70. The van der Waals surface area contributed by atoms with E-state index in [1.807, 2.05) is 24.4 Å². The number of carbonyl (C=O) groups excluding carboxylic acids is 1. The molecule has 0 bridgehead atoms. The SMILES string of the molecule is Cc1csc(NC(=O)[C@@H](C)Oc2ccc(Br)cc2)n1. The highest BCUT2D eigenvalue weighted by molar-refractivity contribution is 9.10. The van der Waals surface area contributed by atoms with Crippen molar-refractivity contribution in [2.24, 2.45) is 0 Å². The number of aromatic nitrogens is 1. The van der Waals surface area contributed by atoms with Gasteiger partial charge in [-0.1, -0.05) is 15.9 Å². The summed E-state index contributed by atoms with van der Waals surface area (Å²) in [7, 11) is 0. The molecule has 6 heteroatoms. The molecule has 0 spiro atoms. The lowest BCUT2D eigenvalue weighted by atomic mass is 10.3. The molecule has 1 amide bonds. The number of nitrogens with zero attached hydrogens (tertiary/aromatic N) is 1. The van der Waals surface area contributed by atoms with Gasteiger partial charge >= 0.3 is 0 Å². The second-order valence-corrected chi connectivity index (χ2v) is 5.77. The van der Waals surface area contributed by atoms with Gasteiger partial charge < -0.3 is 4.74 Å². The van der Waals surface area contributed by atoms with Gasteiger partial charge in [0.05, 0.1) is 5.69 Å². The van der Waals surface area contributed by atoms with E-state index in [4.69, 9.17) is 4.74 Å². The van der Waals surface area contributed by atoms with Crippen molar-refractivity contribution in [2.75, 3.05) is 5.32 Å². The monoisotopic (exact) mass is 340 g/mol. The average Bonchev–Trinajstić information content (AvgIpc) is 2.77. The van der Waals surface area contributed by atoms with Gasteiger partial charge in [-0.25, -0.2) is 4.98 Å². The molecule has 1 atom stereocenters. The Hall–Kier alpha value is -1.40. The maximum atomic E-state index is 11.9. The van der Waals surface area contributed by atoms with Gasteiger partial charge in [-0.3, -0.25) is 10.1 Å². The first-order valence-corrected chi connectivity index (χ1v) is 7.37. The van der Waals surface area contributed by atoms with Crippen molar-refractivity contribution < 1.29 is 9.53 Å². The predicted molar refractivity (Wildman–Crippen MR) is 79.7 cm³/mol. The summed E-state index contributed by atoms with van der Waals surface area (Å²) >= 11 is 4.74. The number of thiazole rings is 1. The molecule has 19 heavy (non-hydrogen) atoms. The Balaban J connectivity index is 1.94. The minimum atomic E-state index is -0.578. The van der Waals surface area contributed by atoms with Crippen LogP contribution < -0.4 is 10.1 Å². The molecule has 0 aliphatic carbocycles. The van der Waals surface area contributed by atoms with Crippen LogP contribution in [0.2, 0.25) is 0 Å². The Kier molecular flexibility index (Phi) is 4.55. The molecule has 0 saturated carbocycles. The molecule has 0 saturated heterocycles. The summed E-state index contributed by atoms with van der Waals surface area (Å²) in [5, 5.41) is 5.20. The fraction of sp³-hybridized carbons (Fsp3) is 0.231. The van der Waals surface area contributed by atoms with E-state index in [0.29, 0.717) is 10.9 Å². The summed E-state index contributed by atoms with van der Waals surface area (Å²) in [5.74, 6) is 0.443. The highest BCUT2D eigenvalue weighted by Crippen LogP contribution is 2.18. The van der Waals surface area contributed by atoms with E-state index in [1.165, 1.54) is 11.3 Å². The van der Waals surface area contributed by atoms with Gasteiger partial charge in [-0.05, 0) is 38.1 Å². The van der Waals surface area contributed by atoms with E-state index in [0.717, 1.165) is 10.2 Å². The number of nitrogens with one attached hydrogen (secondary N) is 1. The lowest BCUT2D eigenvalue weighted by molar-refractivity contribution is -0.122. The van der Waals surface area contributed by atoms with Crippen LogP contribution in [0.25, 0.3) is 0 Å². The van der Waals surface area contributed by atoms with Crippen molar-refractivity contribution >= 4 is 38.3 Å². The van der Waals surface area contributed by atoms with Crippen molar-refractivity contribution in [3.05, 3.63) is 39.8 Å². The normalized spacial score (nSPS) is 11.9. The molecule has 0 fully saturated rings. The second-order valence-electron chi connectivity index (χ2n) is 4.00. The number of aryl methyl sites for hydroxylation is 1. The van der Waals surface area contributed by atoms with Gasteiger partial charge in [0, 0.05) is 9.85 Å². The van der Waals surface area contributed by atoms with E-state index in [-0.39, 0.29) is 5.91 Å². The van der Waals surface area contributed by atoms with Crippen LogP contribution in [0.15, 0.2) is 34.1 Å². The highest BCUT2D eigenvalue weighted by Gasteiger charge is 2.16. The van der Waals surface area contributed by atoms with E-state index in [1.54, 1.807) is 19.1 Å². The molecule has 2 rings (SSSR count). The minimum absolute atomic E-state index is 0.211. The molecule has 2 aromatic rings. The third kappa shape index (κ3) is 4.04. The lowest BCUT2D eigenvalue weighted by Crippen LogP contribution is -2.30. The van der Waals surface area contributed by atoms with Gasteiger partial charge in [0.15, 0.2) is 11.2 Å². The topological polar surface area (TPSA) is 51.2 Å². The Morgan fingerprint density at radius 1 is 1.42 bits per heavy atom. The number of amides is 1. The molecule has 100 valence electrons. The third-order valence-corrected chi connectivity index (χ3v) is 3.75. The standard InChI is InChI=1S/C13H13BrN2O2S/c1-8-7-19-13(15-8)16-12(17)9(2)18-11-5-3-10(14)4-6-11/h3-7,9H,1-2H3,(H,15,16,17)/t9-/m1/s1. The average molecular weight is 341 g/mol. The summed E-state index contributed by atoms with van der Waals surface area (Å²) < 4.78 is 6.52. The van der Waals surface area contributed by atoms with Gasteiger partial charge in [0.1, 0.15) is 5.75 Å². The van der Waals surface area contributed by atoms with Crippen LogP contribution in [0, 0.1) is 6.92 Å². The maximum absolute atomic E-state index is 11.9. The number of benzene rings is 1. The Labute approximate surface area is 124 Å². The molecule has 0 aliphatic rings. The molecular formula is C13H13BrN2O2S. The van der Waals surface area contributed by atoms with Gasteiger partial charge in [-0.2, -0.15) is 0 Å². The summed E-state index contributed by atoms with van der Waals surface area (Å²) in [4.78, 5) is 16.1. The number of rotatable bonds is 4. The van der Waals surface area contributed by atoms with Crippen LogP contribution in [-0.2, 0) is 4.79 Å². The van der Waals surface area contributed by atoms with Gasteiger partial charge in [0.25, 0.3) is 5.91 Å². The molecule has 0 radical (unpaired) electrons. The lowest BCUT2D eigenvalue weighted by Gasteiger charge is -2.13. The van der Waals surface area contributed by atoms with E-state index in [9.17, 15) is 4.79 Å². The largest absolute Gasteiger partial charge is 0.481 e. The van der Waals surface area contributed by atoms with Crippen LogP contribution in [-0.4, -0.2) is 17.0 Å². The highest BCUT2D eigenvalue weighted by atomic mass is 79.9. The van der Waals surface area contributed by atoms with E-state index < -0.39 is 6.10 Å². The number of ether oxygens (including phenoxy) is 1. The predicted octanol–water partition coefficient (Wildman–Crippen LogP) is 3.62. The first kappa shape index (κ1) is 14.0. The van der Waals surface area contributed by atoms with E-state index >= 15 is 0 Å². The zero-order chi connectivity index (χ0) is 13.8. The number of hydrogen-bond acceptors (Lipinski definition) is 4. The zero-order valence-corrected chi connectivity index (χ0v) is 12.9. The van der Waals surface area contributed by atoms with Crippen LogP contribution in [0.5, 0.6) is 5.75 Å². The molecule has 1 heterocycles. The number of halogens is 1. The number of hydrogen-bond donors (Lipinski definition) is 1. The summed E-state index contributed by atoms with van der Waals surface area (Å²) in [6, 6.07) is 7.34. The van der Waals surface area contributed by atoms with Crippen molar-refractivity contribution in [3.63, 3.8) is 0 Å². The first-order chi connectivity index (χ1) is 9.04. The summed E-state index contributed by atoms with van der Waals surface area (Å²) in [6.07, 6.45) is -0.578. The molecular weight excluding hydrogens is 328 g/mol. The maximum Gasteiger partial charge on any atom is 0.266 e. The van der Waals surface area contributed by atoms with E-state index in [2.05, 4.69) is 26.2 Å². The smallest absolute Gasteiger partial charge is 0.266 e. The quantitative estimate of drug-likeness (QED) is 0.924. The van der Waals surface area contributed by atoms with Crippen LogP contribution >= 0.6 is 27.3 Å². The minimum Gasteiger partial charge on any atom is -0.481 e. The Morgan fingerprint density at radius 2 is 2.11 bits per heavy atom. The van der Waals surface area contributed by atoms with Gasteiger partial charge in [0.2, 0.25) is 0 Å². The zero-order valence-electron chi connectivity index (χ0n) is 10.5. The number of carbonyl (C=O) groups is 1. The molecule has 1 aromatic heterocycles. The second kappa shape index (κ2) is 6.16. The van der Waals surface area contributed by atoms with Crippen molar-refractivity contribution in [1.82, 2.24) is 4.98 Å². The molecule has 4 nitrogen and oxygen atoms in total. The summed E-state index contributed by atoms with van der Waals surface area (Å²) in [6.45, 7) is 3.59. The van der Waals surface area contributed by atoms with Crippen molar-refractivity contribution in [2.45, 2.75) is 20.0 Å².